The molecule has 2 heterocycles. The normalized spacial score (nSPS) is 12.8. The van der Waals surface area contributed by atoms with Crippen molar-refractivity contribution >= 4 is 0 Å². The first-order chi connectivity index (χ1) is 9.21. The largest absolute Gasteiger partial charge is 0.336 e. The van der Waals surface area contributed by atoms with E-state index in [2.05, 4.69) is 51.5 Å². The van der Waals surface area contributed by atoms with E-state index in [1.165, 1.54) is 5.69 Å². The van der Waals surface area contributed by atoms with Gasteiger partial charge in [-0.15, -0.1) is 0 Å². The van der Waals surface area contributed by atoms with Gasteiger partial charge in [0.05, 0.1) is 11.4 Å². The van der Waals surface area contributed by atoms with Crippen molar-refractivity contribution in [3.05, 3.63) is 35.7 Å². The first kappa shape index (κ1) is 13.8. The Bertz CT molecular complexity index is 526. The predicted molar refractivity (Wildman–Crippen MR) is 76.0 cm³/mol. The van der Waals surface area contributed by atoms with Crippen LogP contribution in [0.3, 0.4) is 0 Å². The fourth-order valence-electron chi connectivity index (χ4n) is 2.33. The molecule has 1 atom stereocenters. The van der Waals surface area contributed by atoms with E-state index in [9.17, 15) is 0 Å². The van der Waals surface area contributed by atoms with Gasteiger partial charge in [0.1, 0.15) is 11.9 Å². The highest BCUT2D eigenvalue weighted by Crippen LogP contribution is 2.21. The van der Waals surface area contributed by atoms with E-state index in [4.69, 9.17) is 0 Å². The molecule has 0 saturated heterocycles. The van der Waals surface area contributed by atoms with E-state index in [-0.39, 0.29) is 6.04 Å². The first-order valence-electron chi connectivity index (χ1n) is 6.98. The third-order valence-electron chi connectivity index (χ3n) is 3.34. The van der Waals surface area contributed by atoms with E-state index in [0.717, 1.165) is 31.0 Å². The van der Waals surface area contributed by atoms with E-state index >= 15 is 0 Å². The minimum Gasteiger partial charge on any atom is -0.336 e. The van der Waals surface area contributed by atoms with Crippen LogP contribution in [0.1, 0.15) is 44.0 Å². The summed E-state index contributed by atoms with van der Waals surface area (Å²) in [6.45, 7) is 8.14. The number of hydrogen-bond acceptors (Lipinski definition) is 3. The summed E-state index contributed by atoms with van der Waals surface area (Å²) < 4.78 is 4.13. The highest BCUT2D eigenvalue weighted by molar-refractivity contribution is 5.21. The highest BCUT2D eigenvalue weighted by atomic mass is 15.3. The van der Waals surface area contributed by atoms with Crippen LogP contribution < -0.4 is 5.32 Å². The maximum atomic E-state index is 4.63. The van der Waals surface area contributed by atoms with Gasteiger partial charge in [-0.2, -0.15) is 5.10 Å². The van der Waals surface area contributed by atoms with Crippen molar-refractivity contribution in [1.29, 1.82) is 0 Å². The molecular weight excluding hydrogens is 238 g/mol. The summed E-state index contributed by atoms with van der Waals surface area (Å²) in [4.78, 5) is 4.48. The van der Waals surface area contributed by atoms with Gasteiger partial charge in [-0.25, -0.2) is 4.98 Å². The quantitative estimate of drug-likeness (QED) is 0.864. The Balaban J connectivity index is 2.44. The maximum Gasteiger partial charge on any atom is 0.131 e. The first-order valence-corrected chi connectivity index (χ1v) is 6.98. The van der Waals surface area contributed by atoms with Crippen molar-refractivity contribution in [3.63, 3.8) is 0 Å². The lowest BCUT2D eigenvalue weighted by Gasteiger charge is -2.18. The molecular formula is C14H23N5. The lowest BCUT2D eigenvalue weighted by molar-refractivity contribution is 0.513. The summed E-state index contributed by atoms with van der Waals surface area (Å²) in [5.41, 5.74) is 2.32. The van der Waals surface area contributed by atoms with Crippen LogP contribution in [0.25, 0.3) is 0 Å². The van der Waals surface area contributed by atoms with Crippen molar-refractivity contribution in [3.8, 4) is 0 Å². The van der Waals surface area contributed by atoms with Crippen LogP contribution in [0.5, 0.6) is 0 Å². The summed E-state index contributed by atoms with van der Waals surface area (Å²) in [5, 5.41) is 8.14. The van der Waals surface area contributed by atoms with Gasteiger partial charge >= 0.3 is 0 Å². The zero-order chi connectivity index (χ0) is 13.8. The van der Waals surface area contributed by atoms with E-state index < -0.39 is 0 Å². The van der Waals surface area contributed by atoms with Gasteiger partial charge < -0.3 is 9.88 Å². The van der Waals surface area contributed by atoms with Crippen LogP contribution in [0.15, 0.2) is 18.5 Å². The molecule has 104 valence electrons. The molecule has 0 aliphatic rings. The zero-order valence-electron chi connectivity index (χ0n) is 12.2. The molecule has 2 aromatic rings. The van der Waals surface area contributed by atoms with E-state index in [1.54, 1.807) is 0 Å². The average molecular weight is 261 g/mol. The molecule has 0 bridgehead atoms. The fraction of sp³-hybridized carbons (Fsp3) is 0.571. The summed E-state index contributed by atoms with van der Waals surface area (Å²) in [6.07, 6.45) is 4.78. The third kappa shape index (κ3) is 2.71. The minimum atomic E-state index is 0.0951. The summed E-state index contributed by atoms with van der Waals surface area (Å²) in [5.74, 6) is 1.03. The Morgan fingerprint density at radius 2 is 2.11 bits per heavy atom. The number of rotatable bonds is 6. The van der Waals surface area contributed by atoms with Crippen molar-refractivity contribution in [2.45, 2.75) is 39.8 Å². The molecule has 0 fully saturated rings. The monoisotopic (exact) mass is 261 g/mol. The van der Waals surface area contributed by atoms with Gasteiger partial charge in [-0.3, -0.25) is 4.68 Å². The maximum absolute atomic E-state index is 4.63. The van der Waals surface area contributed by atoms with Gasteiger partial charge in [-0.05, 0) is 26.0 Å². The molecule has 0 radical (unpaired) electrons. The molecule has 0 aromatic carbocycles. The molecule has 0 saturated carbocycles. The molecule has 5 nitrogen and oxygen atoms in total. The number of imidazole rings is 1. The van der Waals surface area contributed by atoms with E-state index in [0.29, 0.717) is 0 Å². The number of nitrogens with zero attached hydrogens (tertiary/aromatic N) is 4. The number of aromatic nitrogens is 4. The topological polar surface area (TPSA) is 47.7 Å². The minimum absolute atomic E-state index is 0.0951. The molecule has 2 rings (SSSR count). The Labute approximate surface area is 114 Å². The second-order valence-corrected chi connectivity index (χ2v) is 4.62. The van der Waals surface area contributed by atoms with Gasteiger partial charge in [0.2, 0.25) is 0 Å². The third-order valence-corrected chi connectivity index (χ3v) is 3.34. The number of aryl methyl sites for hydroxylation is 3. The van der Waals surface area contributed by atoms with Crippen molar-refractivity contribution < 1.29 is 0 Å². The molecule has 0 amide bonds. The van der Waals surface area contributed by atoms with Crippen LogP contribution in [0.2, 0.25) is 0 Å². The van der Waals surface area contributed by atoms with Crippen LogP contribution in [-0.2, 0) is 20.0 Å². The molecule has 5 heteroatoms. The fourth-order valence-corrected chi connectivity index (χ4v) is 2.33. The summed E-state index contributed by atoms with van der Waals surface area (Å²) in [6, 6.07) is 2.28. The van der Waals surface area contributed by atoms with Gasteiger partial charge in [0.25, 0.3) is 0 Å². The van der Waals surface area contributed by atoms with Gasteiger partial charge in [-0.1, -0.05) is 13.8 Å². The lowest BCUT2D eigenvalue weighted by atomic mass is 10.1. The number of hydrogen-bond donors (Lipinski definition) is 1. The Kier molecular flexibility index (Phi) is 4.37. The van der Waals surface area contributed by atoms with Crippen LogP contribution >= 0.6 is 0 Å². The summed E-state index contributed by atoms with van der Waals surface area (Å²) >= 11 is 0. The highest BCUT2D eigenvalue weighted by Gasteiger charge is 2.21. The van der Waals surface area contributed by atoms with Crippen molar-refractivity contribution in [1.82, 2.24) is 24.6 Å². The van der Waals surface area contributed by atoms with Crippen LogP contribution in [0.4, 0.5) is 0 Å². The van der Waals surface area contributed by atoms with Gasteiger partial charge in [0, 0.05) is 26.0 Å². The van der Waals surface area contributed by atoms with Crippen molar-refractivity contribution in [2.24, 2.45) is 7.05 Å². The Morgan fingerprint density at radius 1 is 1.32 bits per heavy atom. The number of nitrogens with one attached hydrogen (secondary N) is 1. The summed E-state index contributed by atoms with van der Waals surface area (Å²) in [7, 11) is 2.03. The molecule has 1 N–H and O–H groups in total. The predicted octanol–water partition coefficient (Wildman–Crippen LogP) is 1.90. The van der Waals surface area contributed by atoms with Crippen molar-refractivity contribution in [2.75, 3.05) is 6.54 Å². The molecule has 1 unspecified atom stereocenters. The average Bonchev–Trinajstić information content (AvgIpc) is 3.02. The standard InChI is InChI=1S/C14H23N5/c1-5-11-10-12(19(7-3)17-11)13(15-6-2)14-16-8-9-18(14)4/h8-10,13,15H,5-7H2,1-4H3. The Hall–Kier alpha value is -1.62. The smallest absolute Gasteiger partial charge is 0.131 e. The van der Waals surface area contributed by atoms with Gasteiger partial charge in [0.15, 0.2) is 0 Å². The van der Waals surface area contributed by atoms with Crippen LogP contribution in [-0.4, -0.2) is 25.9 Å². The second kappa shape index (κ2) is 6.02. The Morgan fingerprint density at radius 3 is 2.63 bits per heavy atom. The molecule has 0 spiro atoms. The molecule has 0 aliphatic carbocycles. The zero-order valence-corrected chi connectivity index (χ0v) is 12.2. The van der Waals surface area contributed by atoms with Crippen LogP contribution in [0, 0.1) is 0 Å². The SMILES string of the molecule is CCNC(c1nccn1C)c1cc(CC)nn1CC. The van der Waals surface area contributed by atoms with E-state index in [1.807, 2.05) is 19.4 Å². The molecule has 0 aliphatic heterocycles. The lowest BCUT2D eigenvalue weighted by Crippen LogP contribution is -2.27. The molecule has 2 aromatic heterocycles. The molecule has 19 heavy (non-hydrogen) atoms. The second-order valence-electron chi connectivity index (χ2n) is 4.62.